The van der Waals surface area contributed by atoms with E-state index in [0.717, 1.165) is 0 Å². The minimum absolute atomic E-state index is 0.0383. The van der Waals surface area contributed by atoms with E-state index in [2.05, 4.69) is 15.0 Å². The van der Waals surface area contributed by atoms with Crippen molar-refractivity contribution in [3.63, 3.8) is 0 Å². The Balaban J connectivity index is 1.84. The van der Waals surface area contributed by atoms with E-state index in [0.29, 0.717) is 29.6 Å². The SMILES string of the molecule is CC1CC(C(=O)O)CN(C(=O)Nc2ccc(OC(F)F)c3cccnc23)C1. The maximum atomic E-state index is 12.6. The Labute approximate surface area is 153 Å². The fourth-order valence-corrected chi connectivity index (χ4v) is 3.34. The van der Waals surface area contributed by atoms with Crippen LogP contribution in [-0.2, 0) is 4.79 Å². The molecule has 2 atom stereocenters. The van der Waals surface area contributed by atoms with Crippen LogP contribution in [0, 0.1) is 11.8 Å². The Morgan fingerprint density at radius 2 is 2.11 bits per heavy atom. The van der Waals surface area contributed by atoms with Crippen molar-refractivity contribution in [3.8, 4) is 5.75 Å². The number of carboxylic acid groups (broad SMARTS) is 1. The van der Waals surface area contributed by atoms with Gasteiger partial charge in [-0.25, -0.2) is 4.79 Å². The van der Waals surface area contributed by atoms with E-state index < -0.39 is 24.5 Å². The van der Waals surface area contributed by atoms with Gasteiger partial charge in [-0.2, -0.15) is 8.78 Å². The van der Waals surface area contributed by atoms with Crippen LogP contribution in [0.15, 0.2) is 30.5 Å². The number of halogens is 2. The number of anilines is 1. The summed E-state index contributed by atoms with van der Waals surface area (Å²) in [7, 11) is 0. The number of ether oxygens (including phenoxy) is 1. The number of hydrogen-bond acceptors (Lipinski definition) is 4. The van der Waals surface area contributed by atoms with Gasteiger partial charge in [0.15, 0.2) is 0 Å². The van der Waals surface area contributed by atoms with Crippen molar-refractivity contribution in [1.82, 2.24) is 9.88 Å². The Morgan fingerprint density at radius 3 is 2.81 bits per heavy atom. The molecule has 0 saturated carbocycles. The van der Waals surface area contributed by atoms with Gasteiger partial charge in [0.25, 0.3) is 0 Å². The number of rotatable bonds is 4. The molecule has 0 radical (unpaired) electrons. The number of aromatic nitrogens is 1. The topological polar surface area (TPSA) is 91.8 Å². The molecule has 2 aromatic rings. The number of carbonyl (C=O) groups is 2. The molecule has 2 amide bonds. The second-order valence-corrected chi connectivity index (χ2v) is 6.60. The molecule has 7 nitrogen and oxygen atoms in total. The largest absolute Gasteiger partial charge is 0.481 e. The molecule has 1 saturated heterocycles. The third kappa shape index (κ3) is 4.24. The van der Waals surface area contributed by atoms with Crippen LogP contribution in [-0.4, -0.2) is 46.7 Å². The summed E-state index contributed by atoms with van der Waals surface area (Å²) in [4.78, 5) is 29.5. The van der Waals surface area contributed by atoms with Gasteiger partial charge in [-0.15, -0.1) is 0 Å². The van der Waals surface area contributed by atoms with Crippen molar-refractivity contribution in [3.05, 3.63) is 30.5 Å². The van der Waals surface area contributed by atoms with Crippen LogP contribution in [0.4, 0.5) is 19.3 Å². The number of carbonyl (C=O) groups excluding carboxylic acids is 1. The molecular formula is C18H19F2N3O4. The number of alkyl halides is 2. The number of piperidine rings is 1. The van der Waals surface area contributed by atoms with Crippen LogP contribution in [0.25, 0.3) is 10.9 Å². The van der Waals surface area contributed by atoms with Crippen molar-refractivity contribution < 1.29 is 28.2 Å². The Bertz CT molecular complexity index is 862. The monoisotopic (exact) mass is 379 g/mol. The molecule has 3 rings (SSSR count). The molecule has 1 aromatic carbocycles. The maximum absolute atomic E-state index is 12.6. The summed E-state index contributed by atoms with van der Waals surface area (Å²) in [5.74, 6) is -1.53. The Morgan fingerprint density at radius 1 is 1.33 bits per heavy atom. The van der Waals surface area contributed by atoms with E-state index in [-0.39, 0.29) is 18.2 Å². The third-order valence-electron chi connectivity index (χ3n) is 4.48. The minimum atomic E-state index is -2.98. The lowest BCUT2D eigenvalue weighted by Gasteiger charge is -2.34. The zero-order chi connectivity index (χ0) is 19.6. The highest BCUT2D eigenvalue weighted by Crippen LogP contribution is 2.31. The standard InChI is InChI=1S/C18H19F2N3O4/c1-10-7-11(16(24)25)9-23(8-10)18(26)22-13-4-5-14(27-17(19)20)12-3-2-6-21-15(12)13/h2-6,10-11,17H,7-9H2,1H3,(H,22,26)(H,24,25). The maximum Gasteiger partial charge on any atom is 0.387 e. The molecule has 1 fully saturated rings. The van der Waals surface area contributed by atoms with Crippen molar-refractivity contribution >= 4 is 28.6 Å². The summed E-state index contributed by atoms with van der Waals surface area (Å²) in [6, 6.07) is 5.47. The minimum Gasteiger partial charge on any atom is -0.481 e. The highest BCUT2D eigenvalue weighted by molar-refractivity contribution is 6.01. The van der Waals surface area contributed by atoms with Gasteiger partial charge in [-0.05, 0) is 36.6 Å². The number of fused-ring (bicyclic) bond motifs is 1. The number of urea groups is 1. The molecular weight excluding hydrogens is 360 g/mol. The Kier molecular flexibility index (Phi) is 5.38. The first-order valence-corrected chi connectivity index (χ1v) is 8.46. The summed E-state index contributed by atoms with van der Waals surface area (Å²) in [6.07, 6.45) is 2.00. The number of nitrogens with one attached hydrogen (secondary N) is 1. The molecule has 1 aromatic heterocycles. The van der Waals surface area contributed by atoms with E-state index in [1.54, 1.807) is 12.1 Å². The highest BCUT2D eigenvalue weighted by Gasteiger charge is 2.32. The lowest BCUT2D eigenvalue weighted by molar-refractivity contribution is -0.143. The number of hydrogen-bond donors (Lipinski definition) is 2. The quantitative estimate of drug-likeness (QED) is 0.849. The highest BCUT2D eigenvalue weighted by atomic mass is 19.3. The van der Waals surface area contributed by atoms with E-state index in [4.69, 9.17) is 0 Å². The van der Waals surface area contributed by atoms with Crippen molar-refractivity contribution in [2.24, 2.45) is 11.8 Å². The van der Waals surface area contributed by atoms with E-state index >= 15 is 0 Å². The first-order chi connectivity index (χ1) is 12.8. The van der Waals surface area contributed by atoms with Gasteiger partial charge >= 0.3 is 18.6 Å². The van der Waals surface area contributed by atoms with Crippen molar-refractivity contribution in [2.45, 2.75) is 20.0 Å². The average molecular weight is 379 g/mol. The normalized spacial score (nSPS) is 19.9. The van der Waals surface area contributed by atoms with E-state index in [9.17, 15) is 23.5 Å². The summed E-state index contributed by atoms with van der Waals surface area (Å²) in [5.41, 5.74) is 0.645. The van der Waals surface area contributed by atoms with Crippen molar-refractivity contribution in [2.75, 3.05) is 18.4 Å². The summed E-state index contributed by atoms with van der Waals surface area (Å²) in [6.45, 7) is -0.531. The second-order valence-electron chi connectivity index (χ2n) is 6.60. The van der Waals surface area contributed by atoms with Crippen LogP contribution in [0.5, 0.6) is 5.75 Å². The molecule has 2 N–H and O–H groups in total. The fourth-order valence-electron chi connectivity index (χ4n) is 3.34. The molecule has 0 spiro atoms. The van der Waals surface area contributed by atoms with Gasteiger partial charge in [0.2, 0.25) is 0 Å². The van der Waals surface area contributed by atoms with Crippen LogP contribution < -0.4 is 10.1 Å². The smallest absolute Gasteiger partial charge is 0.387 e. The van der Waals surface area contributed by atoms with Crippen LogP contribution in [0.3, 0.4) is 0 Å². The molecule has 1 aliphatic rings. The van der Waals surface area contributed by atoms with Gasteiger partial charge in [0.1, 0.15) is 5.75 Å². The first kappa shape index (κ1) is 18.8. The van der Waals surface area contributed by atoms with Gasteiger partial charge in [0, 0.05) is 24.7 Å². The molecule has 2 heterocycles. The summed E-state index contributed by atoms with van der Waals surface area (Å²) in [5, 5.41) is 12.3. The number of benzene rings is 1. The predicted molar refractivity (Wildman–Crippen MR) is 93.9 cm³/mol. The number of nitrogens with zero attached hydrogens (tertiary/aromatic N) is 2. The molecule has 2 unspecified atom stereocenters. The molecule has 144 valence electrons. The molecule has 9 heteroatoms. The first-order valence-electron chi connectivity index (χ1n) is 8.46. The Hall–Kier alpha value is -2.97. The van der Waals surface area contributed by atoms with Crippen molar-refractivity contribution in [1.29, 1.82) is 0 Å². The van der Waals surface area contributed by atoms with Gasteiger partial charge < -0.3 is 20.1 Å². The lowest BCUT2D eigenvalue weighted by atomic mass is 9.91. The fraction of sp³-hybridized carbons (Fsp3) is 0.389. The molecule has 27 heavy (non-hydrogen) atoms. The number of aliphatic carboxylic acids is 1. The van der Waals surface area contributed by atoms with Crippen LogP contribution >= 0.6 is 0 Å². The zero-order valence-electron chi connectivity index (χ0n) is 14.6. The second kappa shape index (κ2) is 7.73. The molecule has 0 bridgehead atoms. The lowest BCUT2D eigenvalue weighted by Crippen LogP contribution is -2.47. The number of pyridine rings is 1. The van der Waals surface area contributed by atoms with Crippen LogP contribution in [0.1, 0.15) is 13.3 Å². The van der Waals surface area contributed by atoms with Gasteiger partial charge in [0.05, 0.1) is 17.1 Å². The number of amides is 2. The molecule has 0 aliphatic carbocycles. The number of carboxylic acids is 1. The summed E-state index contributed by atoms with van der Waals surface area (Å²) >= 11 is 0. The predicted octanol–water partition coefficient (Wildman–Crippen LogP) is 3.41. The molecule has 1 aliphatic heterocycles. The third-order valence-corrected chi connectivity index (χ3v) is 4.48. The van der Waals surface area contributed by atoms with E-state index in [1.807, 2.05) is 6.92 Å². The zero-order valence-corrected chi connectivity index (χ0v) is 14.6. The van der Waals surface area contributed by atoms with E-state index in [1.165, 1.54) is 23.2 Å². The van der Waals surface area contributed by atoms with Gasteiger partial charge in [-0.1, -0.05) is 6.92 Å². The van der Waals surface area contributed by atoms with Crippen LogP contribution in [0.2, 0.25) is 0 Å². The summed E-state index contributed by atoms with van der Waals surface area (Å²) < 4.78 is 29.6. The number of likely N-dealkylation sites (tertiary alicyclic amines) is 1. The average Bonchev–Trinajstić information content (AvgIpc) is 2.62. The van der Waals surface area contributed by atoms with Gasteiger partial charge in [-0.3, -0.25) is 9.78 Å².